The van der Waals surface area contributed by atoms with Crippen LogP contribution in [0.25, 0.3) is 0 Å². The minimum absolute atomic E-state index is 0.133. The van der Waals surface area contributed by atoms with Crippen molar-refractivity contribution in [3.63, 3.8) is 0 Å². The fraction of sp³-hybridized carbons (Fsp3) is 0.909. The molecule has 1 rings (SSSR count). The van der Waals surface area contributed by atoms with E-state index in [0.717, 1.165) is 25.7 Å². The van der Waals surface area contributed by atoms with Gasteiger partial charge in [-0.2, -0.15) is 0 Å². The quantitative estimate of drug-likeness (QED) is 0.129. The van der Waals surface area contributed by atoms with Gasteiger partial charge in [0.2, 0.25) is 0 Å². The van der Waals surface area contributed by atoms with Crippen LogP contribution in [0.15, 0.2) is 0 Å². The van der Waals surface area contributed by atoms with Crippen LogP contribution in [-0.2, 0) is 4.74 Å². The molecule has 7 N–H and O–H groups in total. The number of hydrazine groups is 1. The largest absolute Gasteiger partial charge is 0.449 e. The van der Waals surface area contributed by atoms with Gasteiger partial charge in [0.05, 0.1) is 19.3 Å². The van der Waals surface area contributed by atoms with Crippen LogP contribution in [0.2, 0.25) is 0 Å². The van der Waals surface area contributed by atoms with Crippen LogP contribution in [0.1, 0.15) is 52.4 Å². The fourth-order valence-electron chi connectivity index (χ4n) is 4.03. The topological polar surface area (TPSA) is 180 Å². The molecule has 1 fully saturated rings. The summed E-state index contributed by atoms with van der Waals surface area (Å²) in [7, 11) is 0. The Kier molecular flexibility index (Phi) is 14.3. The summed E-state index contributed by atoms with van der Waals surface area (Å²) in [5.74, 6) is 0.133. The molecule has 1 aliphatic heterocycles. The lowest BCUT2D eigenvalue weighted by Gasteiger charge is -2.41. The normalized spacial score (nSPS) is 18.4. The van der Waals surface area contributed by atoms with Crippen LogP contribution in [0, 0.1) is 5.92 Å². The second kappa shape index (κ2) is 16.1. The summed E-state index contributed by atoms with van der Waals surface area (Å²) in [6.07, 6.45) is -2.18. The summed E-state index contributed by atoms with van der Waals surface area (Å²) >= 11 is 0. The average molecular weight is 493 g/mol. The van der Waals surface area contributed by atoms with Crippen LogP contribution in [0.5, 0.6) is 0 Å². The lowest BCUT2D eigenvalue weighted by atomic mass is 9.98. The zero-order chi connectivity index (χ0) is 25.7. The van der Waals surface area contributed by atoms with Crippen molar-refractivity contribution in [2.24, 2.45) is 11.7 Å². The van der Waals surface area contributed by atoms with Crippen LogP contribution in [-0.4, -0.2) is 123 Å². The van der Waals surface area contributed by atoms with E-state index in [-0.39, 0.29) is 25.1 Å². The van der Waals surface area contributed by atoms with Crippen molar-refractivity contribution in [1.82, 2.24) is 14.9 Å². The first kappa shape index (κ1) is 30.3. The molecule has 1 saturated heterocycles. The first-order valence-electron chi connectivity index (χ1n) is 12.2. The Morgan fingerprint density at radius 2 is 1.65 bits per heavy atom. The third-order valence-corrected chi connectivity index (χ3v) is 6.20. The summed E-state index contributed by atoms with van der Waals surface area (Å²) < 4.78 is 4.87. The smallest absolute Gasteiger partial charge is 0.404 e. The number of nitrogens with two attached hydrogens (primary N) is 1. The molecule has 0 radical (unpaired) electrons. The number of amides is 3. The summed E-state index contributed by atoms with van der Waals surface area (Å²) in [6, 6.07) is -0.232. The van der Waals surface area contributed by atoms with E-state index in [1.54, 1.807) is 9.91 Å². The second-order valence-electron chi connectivity index (χ2n) is 8.83. The molecule has 200 valence electrons. The van der Waals surface area contributed by atoms with Crippen molar-refractivity contribution in [3.8, 4) is 0 Å². The Bertz CT molecular complexity index is 591. The van der Waals surface area contributed by atoms with Crippen molar-refractivity contribution in [2.45, 2.75) is 76.8 Å². The molecular weight excluding hydrogens is 448 g/mol. The van der Waals surface area contributed by atoms with Crippen molar-refractivity contribution in [3.05, 3.63) is 0 Å². The fourth-order valence-corrected chi connectivity index (χ4v) is 4.03. The van der Waals surface area contributed by atoms with Crippen molar-refractivity contribution < 1.29 is 39.9 Å². The molecule has 0 saturated carbocycles. The number of carbonyl (C=O) groups excluding carboxylic acids is 2. The zero-order valence-corrected chi connectivity index (χ0v) is 20.5. The highest BCUT2D eigenvalue weighted by atomic mass is 16.5. The molecule has 0 bridgehead atoms. The van der Waals surface area contributed by atoms with Gasteiger partial charge in [-0.25, -0.2) is 14.6 Å². The zero-order valence-electron chi connectivity index (χ0n) is 20.5. The van der Waals surface area contributed by atoms with Gasteiger partial charge in [-0.05, 0) is 32.1 Å². The minimum Gasteiger partial charge on any atom is -0.449 e. The highest BCUT2D eigenvalue weighted by molar-refractivity contribution is 5.74. The van der Waals surface area contributed by atoms with E-state index in [9.17, 15) is 30.0 Å². The first-order valence-corrected chi connectivity index (χ1v) is 12.2. The summed E-state index contributed by atoms with van der Waals surface area (Å²) in [5.41, 5.74) is 5.02. The number of urea groups is 1. The predicted octanol–water partition coefficient (Wildman–Crippen LogP) is -0.531. The number of ether oxygens (including phenoxy) is 1. The molecule has 1 aliphatic rings. The Morgan fingerprint density at radius 1 is 1.03 bits per heavy atom. The molecule has 34 heavy (non-hydrogen) atoms. The number of aliphatic hydroxyl groups excluding tert-OH is 5. The number of likely N-dealkylation sites (tertiary alicyclic amines) is 1. The number of aliphatic hydroxyl groups is 5. The van der Waals surface area contributed by atoms with Gasteiger partial charge in [-0.15, -0.1) is 0 Å². The van der Waals surface area contributed by atoms with Gasteiger partial charge < -0.3 is 40.9 Å². The summed E-state index contributed by atoms with van der Waals surface area (Å²) in [6.45, 7) is 5.01. The molecule has 0 aliphatic carbocycles. The Labute approximate surface area is 201 Å². The van der Waals surface area contributed by atoms with E-state index in [1.807, 2.05) is 6.92 Å². The van der Waals surface area contributed by atoms with Crippen molar-refractivity contribution >= 4 is 12.1 Å². The van der Waals surface area contributed by atoms with E-state index in [4.69, 9.17) is 15.6 Å². The number of piperidine rings is 1. The highest BCUT2D eigenvalue weighted by Gasteiger charge is 2.34. The SMILES string of the molecule is CCCCCCN(C[C@H](O)[C@@H](O)[C@H](O)[C@H](O)CO)N(CC)C(=O)N1CCC(COC(N)=O)CC1. The molecule has 0 aromatic rings. The maximum atomic E-state index is 13.3. The number of hydrogen-bond acceptors (Lipinski definition) is 9. The number of nitrogens with zero attached hydrogens (tertiary/aromatic N) is 3. The van der Waals surface area contributed by atoms with Crippen molar-refractivity contribution in [2.75, 3.05) is 45.9 Å². The summed E-state index contributed by atoms with van der Waals surface area (Å²) in [4.78, 5) is 25.8. The first-order chi connectivity index (χ1) is 16.2. The third-order valence-electron chi connectivity index (χ3n) is 6.20. The number of primary amides is 1. The van der Waals surface area contributed by atoms with Crippen LogP contribution >= 0.6 is 0 Å². The van der Waals surface area contributed by atoms with Crippen LogP contribution in [0.3, 0.4) is 0 Å². The lowest BCUT2D eigenvalue weighted by molar-refractivity contribution is -0.131. The molecule has 0 aromatic heterocycles. The number of hydrogen-bond donors (Lipinski definition) is 6. The lowest BCUT2D eigenvalue weighted by Crippen LogP contribution is -2.58. The molecule has 4 atom stereocenters. The van der Waals surface area contributed by atoms with E-state index in [0.29, 0.717) is 39.0 Å². The number of carbonyl (C=O) groups is 2. The van der Waals surface area contributed by atoms with Crippen LogP contribution < -0.4 is 5.73 Å². The number of unbranched alkanes of at least 4 members (excludes halogenated alkanes) is 3. The van der Waals surface area contributed by atoms with Gasteiger partial charge in [0.15, 0.2) is 0 Å². The third kappa shape index (κ3) is 9.88. The van der Waals surface area contributed by atoms with Gasteiger partial charge in [0.1, 0.15) is 18.3 Å². The standard InChI is InChI=1S/C22H44N4O8/c1-3-5-6-7-10-25(13-17(28)19(30)20(31)18(29)14-27)26(4-2)22(33)24-11-8-16(9-12-24)15-34-21(23)32/h16-20,27-31H,3-15H2,1-2H3,(H2,23,32)/t17-,18+,19+,20+/m0/s1. The van der Waals surface area contributed by atoms with Crippen LogP contribution in [0.4, 0.5) is 9.59 Å². The second-order valence-corrected chi connectivity index (χ2v) is 8.83. The number of rotatable bonds is 15. The Balaban J connectivity index is 2.83. The Morgan fingerprint density at radius 3 is 2.18 bits per heavy atom. The predicted molar refractivity (Wildman–Crippen MR) is 124 cm³/mol. The Hall–Kier alpha value is -1.70. The minimum atomic E-state index is -1.73. The van der Waals surface area contributed by atoms with Gasteiger partial charge in [-0.1, -0.05) is 26.2 Å². The maximum Gasteiger partial charge on any atom is 0.404 e. The van der Waals surface area contributed by atoms with E-state index in [1.165, 1.54) is 5.01 Å². The molecule has 3 amide bonds. The van der Waals surface area contributed by atoms with E-state index in [2.05, 4.69) is 6.92 Å². The maximum absolute atomic E-state index is 13.3. The molecule has 0 aromatic carbocycles. The van der Waals surface area contributed by atoms with Gasteiger partial charge in [0, 0.05) is 32.7 Å². The average Bonchev–Trinajstić information content (AvgIpc) is 2.84. The van der Waals surface area contributed by atoms with Crippen molar-refractivity contribution in [1.29, 1.82) is 0 Å². The highest BCUT2D eigenvalue weighted by Crippen LogP contribution is 2.20. The molecule has 0 unspecified atom stereocenters. The molecule has 12 heteroatoms. The van der Waals surface area contributed by atoms with Gasteiger partial charge in [0.25, 0.3) is 0 Å². The molecular formula is C22H44N4O8. The molecule has 1 heterocycles. The van der Waals surface area contributed by atoms with Gasteiger partial charge in [-0.3, -0.25) is 5.01 Å². The van der Waals surface area contributed by atoms with E-state index >= 15 is 0 Å². The van der Waals surface area contributed by atoms with Gasteiger partial charge >= 0.3 is 12.1 Å². The monoisotopic (exact) mass is 492 g/mol. The van der Waals surface area contributed by atoms with E-state index < -0.39 is 37.1 Å². The molecule has 12 nitrogen and oxygen atoms in total. The molecule has 0 spiro atoms. The summed E-state index contributed by atoms with van der Waals surface area (Å²) in [5, 5.41) is 52.5.